The van der Waals surface area contributed by atoms with Crippen LogP contribution in [0.4, 0.5) is 10.9 Å². The van der Waals surface area contributed by atoms with E-state index in [0.29, 0.717) is 136 Å². The van der Waals surface area contributed by atoms with Crippen LogP contribution in [0, 0.1) is 5.41 Å². The van der Waals surface area contributed by atoms with Crippen molar-refractivity contribution in [3.05, 3.63) is 29.7 Å². The molecule has 4 aromatic rings. The number of thiazole rings is 1. The first-order valence-electron chi connectivity index (χ1n) is 24.7. The van der Waals surface area contributed by atoms with E-state index >= 15 is 0 Å². The molecule has 2 unspecified atom stereocenters. The van der Waals surface area contributed by atoms with Gasteiger partial charge in [0.2, 0.25) is 5.28 Å². The van der Waals surface area contributed by atoms with Crippen molar-refractivity contribution < 1.29 is 66.5 Å². The fraction of sp³-hybridized carbons (Fsp3) is 0.696. The number of hydrazone groups is 1. The van der Waals surface area contributed by atoms with E-state index in [2.05, 4.69) is 35.0 Å². The van der Waals surface area contributed by atoms with Crippen LogP contribution in [-0.4, -0.2) is 211 Å². The molecule has 4 N–H and O–H groups in total. The van der Waals surface area contributed by atoms with Crippen LogP contribution in [0.5, 0.6) is 5.75 Å². The van der Waals surface area contributed by atoms with E-state index in [9.17, 15) is 4.57 Å². The molecule has 24 nitrogen and oxygen atoms in total. The maximum Gasteiger partial charge on any atom is 0.350 e. The van der Waals surface area contributed by atoms with E-state index in [0.717, 1.165) is 71.3 Å². The quantitative estimate of drug-likeness (QED) is 0.0145. The Morgan fingerprint density at radius 2 is 1.52 bits per heavy atom. The third-order valence-corrected chi connectivity index (χ3v) is 13.7. The lowest BCUT2D eigenvalue weighted by molar-refractivity contribution is -0.0391. The van der Waals surface area contributed by atoms with Crippen molar-refractivity contribution >= 4 is 74.7 Å². The molecule has 73 heavy (non-hydrogen) atoms. The molecule has 6 heterocycles. The zero-order valence-corrected chi connectivity index (χ0v) is 43.9. The largest absolute Gasteiger partial charge is 0.491 e. The maximum absolute atomic E-state index is 11.2. The lowest BCUT2D eigenvalue weighted by atomic mass is 9.73. The van der Waals surface area contributed by atoms with Crippen molar-refractivity contribution in [1.82, 2.24) is 24.7 Å². The number of benzene rings is 1. The summed E-state index contributed by atoms with van der Waals surface area (Å²) in [4.78, 5) is 41.3. The zero-order chi connectivity index (χ0) is 51.1. The van der Waals surface area contributed by atoms with E-state index in [1.54, 1.807) is 28.4 Å². The molecule has 0 bridgehead atoms. The normalized spacial score (nSPS) is 18.3. The summed E-state index contributed by atoms with van der Waals surface area (Å²) >= 11 is 8.17. The number of nitrogens with zero attached hydrogens (tertiary/aromatic N) is 9. The van der Waals surface area contributed by atoms with E-state index in [1.165, 1.54) is 0 Å². The molecule has 3 aromatic heterocycles. The second-order valence-electron chi connectivity index (χ2n) is 17.5. The van der Waals surface area contributed by atoms with Gasteiger partial charge in [-0.05, 0) is 62.4 Å². The van der Waals surface area contributed by atoms with E-state index in [4.69, 9.17) is 84.3 Å². The monoisotopic (exact) mass is 1080 g/mol. The lowest BCUT2D eigenvalue weighted by Crippen LogP contribution is -2.63. The summed E-state index contributed by atoms with van der Waals surface area (Å²) < 4.78 is 75.4. The molecule has 27 heteroatoms. The number of rotatable bonds is 36. The molecule has 3 aliphatic rings. The second kappa shape index (κ2) is 30.1. The average molecular weight is 1090 g/mol. The summed E-state index contributed by atoms with van der Waals surface area (Å²) in [6, 6.07) is 5.99. The Hall–Kier alpha value is -3.76. The van der Waals surface area contributed by atoms with Crippen LogP contribution in [-0.2, 0) is 51.9 Å². The van der Waals surface area contributed by atoms with Crippen molar-refractivity contribution in [3.63, 3.8) is 0 Å². The molecule has 2 atom stereocenters. The van der Waals surface area contributed by atoms with Gasteiger partial charge in [0.1, 0.15) is 30.2 Å². The number of hydrogen-bond donors (Lipinski definition) is 3. The molecule has 0 saturated carbocycles. The second-order valence-corrected chi connectivity index (χ2v) is 20.5. The van der Waals surface area contributed by atoms with Gasteiger partial charge in [0.15, 0.2) is 17.0 Å². The minimum Gasteiger partial charge on any atom is -0.491 e. The molecular weight excluding hydrogens is 1020 g/mol. The zero-order valence-electron chi connectivity index (χ0n) is 41.5. The van der Waals surface area contributed by atoms with Crippen LogP contribution in [0.1, 0.15) is 38.8 Å². The Kier molecular flexibility index (Phi) is 23.5. The van der Waals surface area contributed by atoms with Crippen molar-refractivity contribution in [1.29, 1.82) is 0 Å². The number of aliphatic imine (C=N–C) groups is 1. The number of piperidine rings is 1. The molecule has 0 amide bonds. The Labute approximate surface area is 433 Å². The van der Waals surface area contributed by atoms with E-state index in [1.807, 2.05) is 25.1 Å². The summed E-state index contributed by atoms with van der Waals surface area (Å²) in [5.74, 6) is 6.98. The predicted octanol–water partition coefficient (Wildman–Crippen LogP) is 3.94. The number of ether oxygens (including phenoxy) is 11. The van der Waals surface area contributed by atoms with Gasteiger partial charge < -0.3 is 77.5 Å². The number of aromatic nitrogens is 5. The van der Waals surface area contributed by atoms with Gasteiger partial charge in [0.25, 0.3) is 0 Å². The van der Waals surface area contributed by atoms with Crippen LogP contribution in [0.3, 0.4) is 0 Å². The molecule has 1 aromatic carbocycles. The fourth-order valence-electron chi connectivity index (χ4n) is 8.54. The number of hydrogen-bond acceptors (Lipinski definition) is 22. The molecule has 7 rings (SSSR count). The lowest BCUT2D eigenvalue weighted by Gasteiger charge is -2.55. The fourth-order valence-corrected chi connectivity index (χ4v) is 10.1. The SMILES string of the molecule is CCOCCOCCOCCOCCN=C/C(COCCOCCOCCOCCOc1ccc2nc(N3CCCC4(C3)CN(c3nc(Cl)nc5c3cnn5C3CCC(COCP(=O)(O)O)O3)C4)sc2c1)=N\N. The highest BCUT2D eigenvalue weighted by Crippen LogP contribution is 2.45. The highest BCUT2D eigenvalue weighted by Gasteiger charge is 2.47. The van der Waals surface area contributed by atoms with Gasteiger partial charge in [-0.2, -0.15) is 20.2 Å². The third-order valence-electron chi connectivity index (χ3n) is 11.9. The van der Waals surface area contributed by atoms with Gasteiger partial charge in [-0.25, -0.2) is 9.67 Å². The highest BCUT2D eigenvalue weighted by molar-refractivity contribution is 7.51. The Bertz CT molecular complexity index is 2380. The highest BCUT2D eigenvalue weighted by atomic mass is 35.5. The first kappa shape index (κ1) is 57.0. The smallest absolute Gasteiger partial charge is 0.350 e. The molecule has 3 saturated heterocycles. The van der Waals surface area contributed by atoms with Gasteiger partial charge in [-0.15, -0.1) is 0 Å². The number of fused-ring (bicyclic) bond motifs is 2. The third kappa shape index (κ3) is 18.5. The van der Waals surface area contributed by atoms with Gasteiger partial charge in [-0.3, -0.25) is 9.56 Å². The van der Waals surface area contributed by atoms with E-state index < -0.39 is 20.2 Å². The van der Waals surface area contributed by atoms with Crippen LogP contribution in [0.15, 0.2) is 34.5 Å². The Balaban J connectivity index is 0.710. The van der Waals surface area contributed by atoms with Gasteiger partial charge >= 0.3 is 7.60 Å². The maximum atomic E-state index is 11.2. The molecule has 0 radical (unpaired) electrons. The molecule has 3 aliphatic heterocycles. The van der Waals surface area contributed by atoms with Crippen molar-refractivity contribution in [2.24, 2.45) is 21.4 Å². The molecule has 1 spiro atoms. The minimum absolute atomic E-state index is 0.0762. The predicted molar refractivity (Wildman–Crippen MR) is 275 cm³/mol. The summed E-state index contributed by atoms with van der Waals surface area (Å²) in [5.41, 5.74) is 2.11. The van der Waals surface area contributed by atoms with Crippen molar-refractivity contribution in [2.45, 2.75) is 44.9 Å². The Morgan fingerprint density at radius 1 is 0.863 bits per heavy atom. The van der Waals surface area contributed by atoms with Crippen molar-refractivity contribution in [3.8, 4) is 5.75 Å². The average Bonchev–Trinajstić information content (AvgIpc) is 4.13. The first-order chi connectivity index (χ1) is 35.6. The molecule has 3 fully saturated rings. The van der Waals surface area contributed by atoms with Crippen LogP contribution in [0.2, 0.25) is 5.28 Å². The van der Waals surface area contributed by atoms with E-state index in [-0.39, 0.29) is 30.0 Å². The minimum atomic E-state index is -4.25. The Morgan fingerprint density at radius 3 is 2.21 bits per heavy atom. The van der Waals surface area contributed by atoms with Gasteiger partial charge in [0, 0.05) is 44.4 Å². The molecular formula is C46H70ClN10O14PS. The van der Waals surface area contributed by atoms with Gasteiger partial charge in [0.05, 0.1) is 140 Å². The standard InChI is InChI=1S/C46H70ClN10O14PS/c1-2-61-12-13-63-16-17-64-15-14-62-11-9-49-27-35(54-48)29-68-23-22-66-19-18-65-20-21-67-24-25-70-36-4-6-39-40(26-36)73-45(51-39)55-10-3-8-46(31-55)32-56(33-46)42-38-28-50-57(43(38)53-44(47)52-42)41-7-5-37(71-41)30-69-34-72(58,59)60/h4,6,26-28,37,41H,2-3,5,7-25,29-34,48H2,1H3,(H2,58,59,60)/b49-27?,54-35+. The number of nitrogens with two attached hydrogens (primary N) is 1. The number of anilines is 2. The molecule has 0 aliphatic carbocycles. The summed E-state index contributed by atoms with van der Waals surface area (Å²) in [5, 5.41) is 10.2. The topological polar surface area (TPSA) is 273 Å². The summed E-state index contributed by atoms with van der Waals surface area (Å²) in [6.07, 6.45) is 5.40. The summed E-state index contributed by atoms with van der Waals surface area (Å²) in [7, 11) is -4.25. The van der Waals surface area contributed by atoms with Crippen molar-refractivity contribution in [2.75, 3.05) is 168 Å². The van der Waals surface area contributed by atoms with Crippen LogP contribution >= 0.6 is 30.5 Å². The first-order valence-corrected chi connectivity index (χ1v) is 27.7. The van der Waals surface area contributed by atoms with Crippen LogP contribution in [0.25, 0.3) is 21.3 Å². The number of halogens is 1. The summed E-state index contributed by atoms with van der Waals surface area (Å²) in [6.45, 7) is 13.9. The van der Waals surface area contributed by atoms with Gasteiger partial charge in [-0.1, -0.05) is 11.3 Å². The molecule has 406 valence electrons. The van der Waals surface area contributed by atoms with Crippen LogP contribution < -0.4 is 20.4 Å².